The lowest BCUT2D eigenvalue weighted by atomic mass is 9.95. The van der Waals surface area contributed by atoms with E-state index in [-0.39, 0.29) is 23.2 Å². The molecule has 3 rings (SSSR count). The molecule has 2 aromatic carbocycles. The van der Waals surface area contributed by atoms with E-state index in [9.17, 15) is 19.7 Å². The molecular formula is C20H21N3O4. The molecule has 1 aliphatic rings. The van der Waals surface area contributed by atoms with Crippen LogP contribution in [-0.4, -0.2) is 22.8 Å². The second-order valence-electron chi connectivity index (χ2n) is 6.65. The van der Waals surface area contributed by atoms with Gasteiger partial charge in [0.25, 0.3) is 17.5 Å². The van der Waals surface area contributed by atoms with Crippen molar-refractivity contribution < 1.29 is 14.5 Å². The summed E-state index contributed by atoms with van der Waals surface area (Å²) < 4.78 is 0. The molecule has 7 nitrogen and oxygen atoms in total. The van der Waals surface area contributed by atoms with Gasteiger partial charge in [0.2, 0.25) is 0 Å². The summed E-state index contributed by atoms with van der Waals surface area (Å²) in [5.41, 5.74) is 1.11. The highest BCUT2D eigenvalue weighted by atomic mass is 16.6. The summed E-state index contributed by atoms with van der Waals surface area (Å²) in [6.07, 6.45) is 5.55. The van der Waals surface area contributed by atoms with Crippen molar-refractivity contribution >= 4 is 23.2 Å². The van der Waals surface area contributed by atoms with Crippen molar-refractivity contribution in [2.75, 3.05) is 5.32 Å². The van der Waals surface area contributed by atoms with Gasteiger partial charge < -0.3 is 10.6 Å². The number of benzene rings is 2. The molecule has 2 N–H and O–H groups in total. The Hall–Kier alpha value is -3.22. The molecule has 0 saturated heterocycles. The first kappa shape index (κ1) is 18.6. The van der Waals surface area contributed by atoms with Crippen LogP contribution >= 0.6 is 0 Å². The van der Waals surface area contributed by atoms with Gasteiger partial charge in [0.1, 0.15) is 0 Å². The Balaban J connectivity index is 1.61. The highest BCUT2D eigenvalue weighted by molar-refractivity contribution is 6.05. The van der Waals surface area contributed by atoms with Crippen molar-refractivity contribution in [3.8, 4) is 0 Å². The van der Waals surface area contributed by atoms with Crippen LogP contribution in [-0.2, 0) is 0 Å². The van der Waals surface area contributed by atoms with E-state index in [1.54, 1.807) is 24.3 Å². The van der Waals surface area contributed by atoms with Gasteiger partial charge in [0.15, 0.2) is 0 Å². The molecule has 0 spiro atoms. The number of carbonyl (C=O) groups is 2. The molecule has 0 atom stereocenters. The first-order valence-corrected chi connectivity index (χ1v) is 8.99. The molecule has 0 bridgehead atoms. The monoisotopic (exact) mass is 367 g/mol. The van der Waals surface area contributed by atoms with Crippen molar-refractivity contribution in [2.24, 2.45) is 0 Å². The fourth-order valence-electron chi connectivity index (χ4n) is 3.18. The maximum atomic E-state index is 12.3. The Morgan fingerprint density at radius 3 is 2.30 bits per heavy atom. The van der Waals surface area contributed by atoms with Crippen molar-refractivity contribution in [3.05, 3.63) is 69.8 Å². The maximum absolute atomic E-state index is 12.3. The average molecular weight is 367 g/mol. The number of non-ortho nitro benzene ring substituents is 1. The Morgan fingerprint density at radius 2 is 1.63 bits per heavy atom. The highest BCUT2D eigenvalue weighted by Gasteiger charge is 2.17. The van der Waals surface area contributed by atoms with E-state index >= 15 is 0 Å². The van der Waals surface area contributed by atoms with Gasteiger partial charge in [-0.2, -0.15) is 0 Å². The van der Waals surface area contributed by atoms with Crippen LogP contribution in [0.5, 0.6) is 0 Å². The number of amides is 2. The first-order valence-electron chi connectivity index (χ1n) is 8.99. The van der Waals surface area contributed by atoms with Gasteiger partial charge in [-0.25, -0.2) is 0 Å². The summed E-state index contributed by atoms with van der Waals surface area (Å²) in [6.45, 7) is 0. The summed E-state index contributed by atoms with van der Waals surface area (Å²) in [5.74, 6) is -0.559. The molecule has 2 aromatic rings. The van der Waals surface area contributed by atoms with Gasteiger partial charge in [0, 0.05) is 35.0 Å². The van der Waals surface area contributed by atoms with E-state index in [4.69, 9.17) is 0 Å². The zero-order valence-corrected chi connectivity index (χ0v) is 14.8. The van der Waals surface area contributed by atoms with E-state index in [1.807, 2.05) is 0 Å². The Bertz CT molecular complexity index is 843. The Kier molecular flexibility index (Phi) is 5.80. The topological polar surface area (TPSA) is 101 Å². The summed E-state index contributed by atoms with van der Waals surface area (Å²) in [6, 6.07) is 12.4. The Labute approximate surface area is 156 Å². The van der Waals surface area contributed by atoms with Crippen LogP contribution in [0.1, 0.15) is 52.8 Å². The predicted octanol–water partition coefficient (Wildman–Crippen LogP) is 3.91. The molecule has 7 heteroatoms. The minimum absolute atomic E-state index is 0.113. The van der Waals surface area contributed by atoms with Crippen molar-refractivity contribution in [2.45, 2.75) is 38.1 Å². The van der Waals surface area contributed by atoms with E-state index in [1.165, 1.54) is 30.7 Å². The maximum Gasteiger partial charge on any atom is 0.270 e. The van der Waals surface area contributed by atoms with E-state index in [0.717, 1.165) is 25.7 Å². The molecular weight excluding hydrogens is 346 g/mol. The van der Waals surface area contributed by atoms with Crippen LogP contribution in [0, 0.1) is 10.1 Å². The Morgan fingerprint density at radius 1 is 0.926 bits per heavy atom. The molecule has 0 aromatic heterocycles. The van der Waals surface area contributed by atoms with Gasteiger partial charge in [-0.15, -0.1) is 0 Å². The normalized spacial score (nSPS) is 14.4. The minimum atomic E-state index is -0.545. The summed E-state index contributed by atoms with van der Waals surface area (Å²) in [4.78, 5) is 34.8. The molecule has 0 radical (unpaired) electrons. The van der Waals surface area contributed by atoms with E-state index in [0.29, 0.717) is 11.3 Å². The van der Waals surface area contributed by atoms with E-state index < -0.39 is 10.8 Å². The highest BCUT2D eigenvalue weighted by Crippen LogP contribution is 2.19. The lowest BCUT2D eigenvalue weighted by Gasteiger charge is -2.22. The van der Waals surface area contributed by atoms with Crippen LogP contribution in [0.4, 0.5) is 11.4 Å². The third-order valence-electron chi connectivity index (χ3n) is 4.66. The van der Waals surface area contributed by atoms with Gasteiger partial charge in [0.05, 0.1) is 4.92 Å². The number of anilines is 1. The van der Waals surface area contributed by atoms with Gasteiger partial charge in [-0.05, 0) is 43.2 Å². The lowest BCUT2D eigenvalue weighted by molar-refractivity contribution is -0.384. The number of hydrogen-bond acceptors (Lipinski definition) is 4. The molecule has 140 valence electrons. The summed E-state index contributed by atoms with van der Waals surface area (Å²) >= 11 is 0. The van der Waals surface area contributed by atoms with Gasteiger partial charge in [-0.1, -0.05) is 25.3 Å². The molecule has 1 aliphatic carbocycles. The third-order valence-corrected chi connectivity index (χ3v) is 4.66. The van der Waals surface area contributed by atoms with Crippen molar-refractivity contribution in [3.63, 3.8) is 0 Å². The van der Waals surface area contributed by atoms with E-state index in [2.05, 4.69) is 10.6 Å². The number of nitrogens with zero attached hydrogens (tertiary/aromatic N) is 1. The zero-order chi connectivity index (χ0) is 19.2. The average Bonchev–Trinajstić information content (AvgIpc) is 2.69. The fourth-order valence-corrected chi connectivity index (χ4v) is 3.18. The number of nitrogens with one attached hydrogen (secondary N) is 2. The molecule has 0 heterocycles. The van der Waals surface area contributed by atoms with Crippen LogP contribution in [0.15, 0.2) is 48.5 Å². The second kappa shape index (κ2) is 8.44. The molecule has 1 saturated carbocycles. The standard InChI is InChI=1S/C20H21N3O4/c24-19(21-16-6-2-1-3-7-16)14-9-11-17(12-10-14)22-20(25)15-5-4-8-18(13-15)23(26)27/h4-5,8-13,16H,1-3,6-7H2,(H,21,24)(H,22,25). The van der Waals surface area contributed by atoms with Crippen molar-refractivity contribution in [1.82, 2.24) is 5.32 Å². The number of rotatable bonds is 5. The quantitative estimate of drug-likeness (QED) is 0.618. The van der Waals surface area contributed by atoms with Crippen LogP contribution in [0.3, 0.4) is 0 Å². The second-order valence-corrected chi connectivity index (χ2v) is 6.65. The predicted molar refractivity (Wildman–Crippen MR) is 102 cm³/mol. The molecule has 0 unspecified atom stereocenters. The zero-order valence-electron chi connectivity index (χ0n) is 14.8. The third kappa shape index (κ3) is 4.91. The molecule has 1 fully saturated rings. The lowest BCUT2D eigenvalue weighted by Crippen LogP contribution is -2.36. The number of nitro benzene ring substituents is 1. The molecule has 27 heavy (non-hydrogen) atoms. The van der Waals surface area contributed by atoms with Crippen molar-refractivity contribution in [1.29, 1.82) is 0 Å². The van der Waals surface area contributed by atoms with Gasteiger partial charge >= 0.3 is 0 Å². The SMILES string of the molecule is O=C(Nc1ccc(C(=O)NC2CCCCC2)cc1)c1cccc([N+](=O)[O-])c1. The van der Waals surface area contributed by atoms with Crippen LogP contribution < -0.4 is 10.6 Å². The minimum Gasteiger partial charge on any atom is -0.349 e. The summed E-state index contributed by atoms with van der Waals surface area (Å²) in [5, 5.41) is 16.5. The largest absolute Gasteiger partial charge is 0.349 e. The molecule has 2 amide bonds. The fraction of sp³-hybridized carbons (Fsp3) is 0.300. The van der Waals surface area contributed by atoms with Crippen LogP contribution in [0.25, 0.3) is 0 Å². The summed E-state index contributed by atoms with van der Waals surface area (Å²) in [7, 11) is 0. The van der Waals surface area contributed by atoms with Crippen LogP contribution in [0.2, 0.25) is 0 Å². The molecule has 0 aliphatic heterocycles. The number of carbonyl (C=O) groups excluding carboxylic acids is 2. The number of nitro groups is 1. The first-order chi connectivity index (χ1) is 13.0. The number of hydrogen-bond donors (Lipinski definition) is 2. The smallest absolute Gasteiger partial charge is 0.270 e. The van der Waals surface area contributed by atoms with Gasteiger partial charge in [-0.3, -0.25) is 19.7 Å².